The minimum Gasteiger partial charge on any atom is -0.495 e. The van der Waals surface area contributed by atoms with Crippen molar-refractivity contribution in [2.24, 2.45) is 0 Å². The molecule has 2 nitrogen and oxygen atoms in total. The zero-order chi connectivity index (χ0) is 10.8. The number of halogens is 2. The first-order valence-electron chi connectivity index (χ1n) is 4.64. The first-order chi connectivity index (χ1) is 7.18. The fourth-order valence-electron chi connectivity index (χ4n) is 1.50. The summed E-state index contributed by atoms with van der Waals surface area (Å²) < 4.78 is 6.19. The summed E-state index contributed by atoms with van der Waals surface area (Å²) in [7, 11) is 0. The smallest absolute Gasteiger partial charge is 0.137 e. The molecule has 1 N–H and O–H groups in total. The third-order valence-corrected chi connectivity index (χ3v) is 3.08. The molecule has 80 valence electrons. The molecule has 0 aliphatic carbocycles. The van der Waals surface area contributed by atoms with Gasteiger partial charge in [0.1, 0.15) is 11.9 Å². The van der Waals surface area contributed by atoms with Crippen molar-refractivity contribution in [2.45, 2.75) is 12.5 Å². The van der Waals surface area contributed by atoms with Gasteiger partial charge in [0.25, 0.3) is 0 Å². The molecule has 1 aliphatic heterocycles. The van der Waals surface area contributed by atoms with Crippen LogP contribution in [0.15, 0.2) is 34.5 Å². The normalized spacial score (nSPS) is 17.1. The molecular formula is C11H10BrClO2. The Bertz CT molecular complexity index is 404. The molecule has 4 heteroatoms. The van der Waals surface area contributed by atoms with Crippen LogP contribution in [0.25, 0.3) is 0 Å². The van der Waals surface area contributed by atoms with Gasteiger partial charge in [0.2, 0.25) is 0 Å². The Morgan fingerprint density at radius 3 is 2.87 bits per heavy atom. The second-order valence-corrected chi connectivity index (χ2v) is 4.63. The van der Waals surface area contributed by atoms with Gasteiger partial charge in [0, 0.05) is 21.5 Å². The molecule has 0 bridgehead atoms. The maximum atomic E-state index is 10.00. The minimum atomic E-state index is -0.756. The summed E-state index contributed by atoms with van der Waals surface area (Å²) in [4.78, 5) is 0. The summed E-state index contributed by atoms with van der Waals surface area (Å²) >= 11 is 9.35. The molecular weight excluding hydrogens is 279 g/mol. The van der Waals surface area contributed by atoms with Crippen LogP contribution in [0.2, 0.25) is 5.02 Å². The van der Waals surface area contributed by atoms with Crippen molar-refractivity contribution in [3.8, 4) is 0 Å². The van der Waals surface area contributed by atoms with E-state index >= 15 is 0 Å². The van der Waals surface area contributed by atoms with Gasteiger partial charge in [-0.3, -0.25) is 0 Å². The van der Waals surface area contributed by atoms with Crippen molar-refractivity contribution in [1.29, 1.82) is 0 Å². The van der Waals surface area contributed by atoms with E-state index in [2.05, 4.69) is 15.9 Å². The van der Waals surface area contributed by atoms with E-state index in [9.17, 15) is 5.11 Å². The van der Waals surface area contributed by atoms with Crippen LogP contribution in [0, 0.1) is 0 Å². The molecule has 0 saturated heterocycles. The molecule has 0 aromatic heterocycles. The highest BCUT2D eigenvalue weighted by Crippen LogP contribution is 2.32. The van der Waals surface area contributed by atoms with Gasteiger partial charge in [-0.15, -0.1) is 0 Å². The zero-order valence-electron chi connectivity index (χ0n) is 7.91. The van der Waals surface area contributed by atoms with Crippen molar-refractivity contribution in [1.82, 2.24) is 0 Å². The Morgan fingerprint density at radius 2 is 2.27 bits per heavy atom. The van der Waals surface area contributed by atoms with E-state index in [4.69, 9.17) is 16.3 Å². The van der Waals surface area contributed by atoms with Gasteiger partial charge >= 0.3 is 0 Å². The number of aliphatic hydroxyl groups excluding tert-OH is 1. The average molecular weight is 290 g/mol. The van der Waals surface area contributed by atoms with Crippen LogP contribution in [-0.2, 0) is 4.74 Å². The van der Waals surface area contributed by atoms with E-state index in [0.29, 0.717) is 23.0 Å². The molecule has 1 heterocycles. The lowest BCUT2D eigenvalue weighted by Crippen LogP contribution is -2.02. The zero-order valence-corrected chi connectivity index (χ0v) is 10.3. The van der Waals surface area contributed by atoms with Gasteiger partial charge in [-0.2, -0.15) is 0 Å². The molecule has 0 amide bonds. The van der Waals surface area contributed by atoms with Gasteiger partial charge < -0.3 is 9.84 Å². The van der Waals surface area contributed by atoms with Crippen LogP contribution in [-0.4, -0.2) is 11.7 Å². The van der Waals surface area contributed by atoms with Crippen LogP contribution in [0.5, 0.6) is 0 Å². The molecule has 0 fully saturated rings. The quantitative estimate of drug-likeness (QED) is 0.904. The average Bonchev–Trinajstić information content (AvgIpc) is 2.69. The summed E-state index contributed by atoms with van der Waals surface area (Å²) in [5.74, 6) is 0.597. The monoisotopic (exact) mass is 288 g/mol. The molecule has 2 rings (SSSR count). The third-order valence-electron chi connectivity index (χ3n) is 2.26. The van der Waals surface area contributed by atoms with Crippen LogP contribution >= 0.6 is 27.5 Å². The highest BCUT2D eigenvalue weighted by atomic mass is 79.9. The van der Waals surface area contributed by atoms with Crippen molar-refractivity contribution in [3.63, 3.8) is 0 Å². The van der Waals surface area contributed by atoms with Crippen molar-refractivity contribution >= 4 is 27.5 Å². The fourth-order valence-corrected chi connectivity index (χ4v) is 2.28. The van der Waals surface area contributed by atoms with E-state index in [1.807, 2.05) is 12.1 Å². The van der Waals surface area contributed by atoms with Gasteiger partial charge in [-0.25, -0.2) is 0 Å². The number of hydrogen-bond acceptors (Lipinski definition) is 2. The van der Waals surface area contributed by atoms with E-state index in [1.54, 1.807) is 12.1 Å². The van der Waals surface area contributed by atoms with Gasteiger partial charge in [-0.1, -0.05) is 33.6 Å². The molecule has 1 unspecified atom stereocenters. The Morgan fingerprint density at radius 1 is 1.47 bits per heavy atom. The third kappa shape index (κ3) is 2.36. The number of hydrogen-bond donors (Lipinski definition) is 1. The predicted molar refractivity (Wildman–Crippen MR) is 62.8 cm³/mol. The largest absolute Gasteiger partial charge is 0.495 e. The number of rotatable bonds is 2. The van der Waals surface area contributed by atoms with E-state index in [0.717, 1.165) is 10.9 Å². The van der Waals surface area contributed by atoms with E-state index < -0.39 is 6.10 Å². The second-order valence-electron chi connectivity index (χ2n) is 3.31. The molecule has 1 atom stereocenters. The fraction of sp³-hybridized carbons (Fsp3) is 0.273. The first-order valence-corrected chi connectivity index (χ1v) is 5.81. The van der Waals surface area contributed by atoms with Crippen LogP contribution in [0.4, 0.5) is 0 Å². The minimum absolute atomic E-state index is 0.535. The first kappa shape index (κ1) is 11.0. The second kappa shape index (κ2) is 4.56. The Hall–Kier alpha value is -0.510. The lowest BCUT2D eigenvalue weighted by Gasteiger charge is -2.14. The summed E-state index contributed by atoms with van der Waals surface area (Å²) in [6, 6.07) is 5.40. The highest BCUT2D eigenvalue weighted by Gasteiger charge is 2.20. The van der Waals surface area contributed by atoms with Gasteiger partial charge in [0.05, 0.1) is 6.61 Å². The molecule has 1 aromatic rings. The van der Waals surface area contributed by atoms with Crippen LogP contribution in [0.3, 0.4) is 0 Å². The van der Waals surface area contributed by atoms with Crippen molar-refractivity contribution < 1.29 is 9.84 Å². The summed E-state index contributed by atoms with van der Waals surface area (Å²) in [5, 5.41) is 10.5. The molecule has 0 radical (unpaired) electrons. The van der Waals surface area contributed by atoms with Gasteiger partial charge in [0.15, 0.2) is 0 Å². The van der Waals surface area contributed by atoms with Crippen molar-refractivity contribution in [2.75, 3.05) is 6.61 Å². The molecule has 1 aromatic carbocycles. The molecule has 0 spiro atoms. The lowest BCUT2D eigenvalue weighted by atomic mass is 10.1. The number of ether oxygens (including phenoxy) is 1. The molecule has 15 heavy (non-hydrogen) atoms. The molecule has 1 aliphatic rings. The highest BCUT2D eigenvalue weighted by molar-refractivity contribution is 9.10. The van der Waals surface area contributed by atoms with Crippen molar-refractivity contribution in [3.05, 3.63) is 45.1 Å². The Balaban J connectivity index is 2.28. The van der Waals surface area contributed by atoms with E-state index in [1.165, 1.54) is 0 Å². The number of benzene rings is 1. The number of aliphatic hydroxyl groups is 1. The maximum absolute atomic E-state index is 10.00. The van der Waals surface area contributed by atoms with Crippen LogP contribution in [0.1, 0.15) is 18.1 Å². The standard InChI is InChI=1S/C11H10BrClO2/c12-7-3-4-8(9(13)6-7)11(14)10-2-1-5-15-10/h2-4,6,11,14H,1,5H2. The summed E-state index contributed by atoms with van der Waals surface area (Å²) in [5.41, 5.74) is 0.674. The maximum Gasteiger partial charge on any atom is 0.137 e. The Labute approximate surface area is 102 Å². The summed E-state index contributed by atoms with van der Waals surface area (Å²) in [6.45, 7) is 0.639. The molecule has 0 saturated carbocycles. The van der Waals surface area contributed by atoms with Gasteiger partial charge in [-0.05, 0) is 18.2 Å². The van der Waals surface area contributed by atoms with E-state index in [-0.39, 0.29) is 0 Å². The SMILES string of the molecule is OC(C1=CCCO1)c1ccc(Br)cc1Cl. The lowest BCUT2D eigenvalue weighted by molar-refractivity contribution is 0.119. The van der Waals surface area contributed by atoms with Crippen LogP contribution < -0.4 is 0 Å². The Kier molecular flexibility index (Phi) is 3.34. The predicted octanol–water partition coefficient (Wildman–Crippen LogP) is 3.44. The summed E-state index contributed by atoms with van der Waals surface area (Å²) in [6.07, 6.45) is 1.98. The topological polar surface area (TPSA) is 29.5 Å².